The first-order valence-corrected chi connectivity index (χ1v) is 7.79. The van der Waals surface area contributed by atoms with Crippen molar-refractivity contribution < 1.29 is 14.3 Å². The highest BCUT2D eigenvalue weighted by atomic mass is 16.6. The van der Waals surface area contributed by atoms with Crippen LogP contribution in [0.5, 0.6) is 0 Å². The van der Waals surface area contributed by atoms with E-state index in [1.165, 1.54) is 32.1 Å². The first-order chi connectivity index (χ1) is 9.28. The van der Waals surface area contributed by atoms with Gasteiger partial charge in [-0.25, -0.2) is 0 Å². The number of carbonyl (C=O) groups is 2. The van der Waals surface area contributed by atoms with Crippen molar-refractivity contribution in [2.45, 2.75) is 84.3 Å². The van der Waals surface area contributed by atoms with Gasteiger partial charge >= 0.3 is 5.97 Å². The molecule has 0 aromatic carbocycles. The molecular weight excluding hydrogens is 254 g/mol. The molecule has 0 heterocycles. The Labute approximate surface area is 122 Å². The van der Waals surface area contributed by atoms with Gasteiger partial charge in [0, 0.05) is 12.5 Å². The molecule has 1 aliphatic rings. The van der Waals surface area contributed by atoms with Gasteiger partial charge in [-0.15, -0.1) is 0 Å². The van der Waals surface area contributed by atoms with Crippen molar-refractivity contribution in [3.63, 3.8) is 0 Å². The second-order valence-corrected chi connectivity index (χ2v) is 6.84. The molecule has 0 aliphatic heterocycles. The molecule has 1 amide bonds. The normalized spacial score (nSPS) is 18.4. The van der Waals surface area contributed by atoms with Crippen molar-refractivity contribution in [2.75, 3.05) is 0 Å². The molecule has 0 spiro atoms. The summed E-state index contributed by atoms with van der Waals surface area (Å²) < 4.78 is 5.19. The zero-order valence-electron chi connectivity index (χ0n) is 13.3. The van der Waals surface area contributed by atoms with Crippen molar-refractivity contribution >= 4 is 11.9 Å². The van der Waals surface area contributed by atoms with Gasteiger partial charge in [0.25, 0.3) is 0 Å². The monoisotopic (exact) mass is 283 g/mol. The van der Waals surface area contributed by atoms with Crippen LogP contribution in [0.2, 0.25) is 0 Å². The molecule has 1 atom stereocenters. The van der Waals surface area contributed by atoms with Gasteiger partial charge in [0.1, 0.15) is 5.60 Å². The summed E-state index contributed by atoms with van der Waals surface area (Å²) in [5.41, 5.74) is -0.483. The average molecular weight is 283 g/mol. The van der Waals surface area contributed by atoms with E-state index < -0.39 is 5.60 Å². The fourth-order valence-electron chi connectivity index (χ4n) is 2.69. The summed E-state index contributed by atoms with van der Waals surface area (Å²) in [4.78, 5) is 23.4. The molecular formula is C16H29NO3. The van der Waals surface area contributed by atoms with Crippen LogP contribution in [-0.2, 0) is 14.3 Å². The smallest absolute Gasteiger partial charge is 0.306 e. The standard InChI is InChI=1S/C16H29NO3/c1-12(13-8-6-5-7-9-13)17-14(18)10-11-15(19)20-16(2,3)4/h12-13H,5-11H2,1-4H3,(H,17,18). The summed E-state index contributed by atoms with van der Waals surface area (Å²) in [6.07, 6.45) is 6.62. The minimum absolute atomic E-state index is 0.0473. The molecule has 1 saturated carbocycles. The molecule has 4 heteroatoms. The molecule has 0 bridgehead atoms. The number of ether oxygens (including phenoxy) is 1. The largest absolute Gasteiger partial charge is 0.460 e. The summed E-state index contributed by atoms with van der Waals surface area (Å²) in [5.74, 6) is 0.237. The third-order valence-corrected chi connectivity index (χ3v) is 3.72. The van der Waals surface area contributed by atoms with E-state index in [1.807, 2.05) is 20.8 Å². The minimum Gasteiger partial charge on any atom is -0.460 e. The number of carbonyl (C=O) groups excluding carboxylic acids is 2. The van der Waals surface area contributed by atoms with Crippen molar-refractivity contribution in [3.8, 4) is 0 Å². The lowest BCUT2D eigenvalue weighted by Crippen LogP contribution is -2.39. The third-order valence-electron chi connectivity index (χ3n) is 3.72. The minimum atomic E-state index is -0.483. The SMILES string of the molecule is CC(NC(=O)CCC(=O)OC(C)(C)C)C1CCCCC1. The zero-order chi connectivity index (χ0) is 15.2. The molecule has 1 fully saturated rings. The highest BCUT2D eigenvalue weighted by molar-refractivity contribution is 5.81. The van der Waals surface area contributed by atoms with E-state index in [0.717, 1.165) is 0 Å². The number of nitrogens with one attached hydrogen (secondary N) is 1. The predicted molar refractivity (Wildman–Crippen MR) is 79.3 cm³/mol. The van der Waals surface area contributed by atoms with Crippen LogP contribution in [0.4, 0.5) is 0 Å². The number of esters is 1. The van der Waals surface area contributed by atoms with E-state index in [1.54, 1.807) is 0 Å². The summed E-state index contributed by atoms with van der Waals surface area (Å²) in [6, 6.07) is 0.210. The molecule has 0 saturated heterocycles. The first-order valence-electron chi connectivity index (χ1n) is 7.79. The molecule has 0 aromatic heterocycles. The van der Waals surface area contributed by atoms with E-state index in [-0.39, 0.29) is 30.8 Å². The van der Waals surface area contributed by atoms with Gasteiger partial charge < -0.3 is 10.1 Å². The Kier molecular flexibility index (Phi) is 6.50. The maximum Gasteiger partial charge on any atom is 0.306 e. The van der Waals surface area contributed by atoms with Gasteiger partial charge in [-0.3, -0.25) is 9.59 Å². The van der Waals surface area contributed by atoms with Gasteiger partial charge in [0.2, 0.25) is 5.91 Å². The van der Waals surface area contributed by atoms with Crippen molar-refractivity contribution in [1.29, 1.82) is 0 Å². The Morgan fingerprint density at radius 2 is 1.75 bits per heavy atom. The predicted octanol–water partition coefficient (Wildman–Crippen LogP) is 3.19. The maximum absolute atomic E-state index is 11.8. The van der Waals surface area contributed by atoms with E-state index in [4.69, 9.17) is 4.74 Å². The molecule has 0 aromatic rings. The Morgan fingerprint density at radius 3 is 2.30 bits per heavy atom. The zero-order valence-corrected chi connectivity index (χ0v) is 13.3. The van der Waals surface area contributed by atoms with Crippen molar-refractivity contribution in [2.24, 2.45) is 5.92 Å². The van der Waals surface area contributed by atoms with Gasteiger partial charge in [0.05, 0.1) is 6.42 Å². The average Bonchev–Trinajstić information content (AvgIpc) is 2.35. The molecule has 1 unspecified atom stereocenters. The summed E-state index contributed by atoms with van der Waals surface area (Å²) >= 11 is 0. The van der Waals surface area contributed by atoms with Crippen LogP contribution in [0.25, 0.3) is 0 Å². The summed E-state index contributed by atoms with van der Waals surface area (Å²) in [5, 5.41) is 3.02. The van der Waals surface area contributed by atoms with Crippen molar-refractivity contribution in [3.05, 3.63) is 0 Å². The van der Waals surface area contributed by atoms with Gasteiger partial charge in [-0.1, -0.05) is 19.3 Å². The van der Waals surface area contributed by atoms with Crippen LogP contribution in [0.1, 0.15) is 72.6 Å². The second-order valence-electron chi connectivity index (χ2n) is 6.84. The fourth-order valence-corrected chi connectivity index (χ4v) is 2.69. The van der Waals surface area contributed by atoms with Crippen LogP contribution in [0.3, 0.4) is 0 Å². The molecule has 20 heavy (non-hydrogen) atoms. The Balaban J connectivity index is 2.24. The molecule has 1 rings (SSSR count). The highest BCUT2D eigenvalue weighted by Crippen LogP contribution is 2.26. The van der Waals surface area contributed by atoms with E-state index in [0.29, 0.717) is 5.92 Å². The van der Waals surface area contributed by atoms with Crippen molar-refractivity contribution in [1.82, 2.24) is 5.32 Å². The van der Waals surface area contributed by atoms with Crippen LogP contribution in [0, 0.1) is 5.92 Å². The fraction of sp³-hybridized carbons (Fsp3) is 0.875. The molecule has 1 aliphatic carbocycles. The van der Waals surface area contributed by atoms with Gasteiger partial charge in [0.15, 0.2) is 0 Å². The summed E-state index contributed by atoms with van der Waals surface area (Å²) in [7, 11) is 0. The van der Waals surface area contributed by atoms with Crippen LogP contribution < -0.4 is 5.32 Å². The number of hydrogen-bond donors (Lipinski definition) is 1. The van der Waals surface area contributed by atoms with Gasteiger partial charge in [-0.2, -0.15) is 0 Å². The topological polar surface area (TPSA) is 55.4 Å². The van der Waals surface area contributed by atoms with E-state index in [2.05, 4.69) is 12.2 Å². The second kappa shape index (κ2) is 7.65. The van der Waals surface area contributed by atoms with E-state index >= 15 is 0 Å². The maximum atomic E-state index is 11.8. The van der Waals surface area contributed by atoms with Gasteiger partial charge in [-0.05, 0) is 46.5 Å². The first kappa shape index (κ1) is 17.0. The molecule has 116 valence electrons. The summed E-state index contributed by atoms with van der Waals surface area (Å²) in [6.45, 7) is 7.56. The molecule has 0 radical (unpaired) electrons. The van der Waals surface area contributed by atoms with Crippen LogP contribution in [-0.4, -0.2) is 23.5 Å². The van der Waals surface area contributed by atoms with E-state index in [9.17, 15) is 9.59 Å². The number of rotatable bonds is 5. The Morgan fingerprint density at radius 1 is 1.15 bits per heavy atom. The molecule has 1 N–H and O–H groups in total. The number of hydrogen-bond acceptors (Lipinski definition) is 3. The van der Waals surface area contributed by atoms with Crippen LogP contribution in [0.15, 0.2) is 0 Å². The lowest BCUT2D eigenvalue weighted by Gasteiger charge is -2.28. The quantitative estimate of drug-likeness (QED) is 0.788. The third kappa shape index (κ3) is 6.92. The lowest BCUT2D eigenvalue weighted by molar-refractivity contribution is -0.155. The lowest BCUT2D eigenvalue weighted by atomic mass is 9.84. The Bertz CT molecular complexity index is 327. The molecule has 4 nitrogen and oxygen atoms in total. The van der Waals surface area contributed by atoms with Crippen LogP contribution >= 0.6 is 0 Å². The highest BCUT2D eigenvalue weighted by Gasteiger charge is 2.22. The Hall–Kier alpha value is -1.06. The number of amides is 1.